The zero-order valence-corrected chi connectivity index (χ0v) is 9.36. The molecule has 0 aliphatic carbocycles. The quantitative estimate of drug-likeness (QED) is 0.812. The number of rotatable bonds is 3. The number of nitrogens with two attached hydrogens (primary N) is 1. The lowest BCUT2D eigenvalue weighted by molar-refractivity contribution is 0.634. The van der Waals surface area contributed by atoms with Gasteiger partial charge in [0.2, 0.25) is 0 Å². The van der Waals surface area contributed by atoms with E-state index in [-0.39, 0.29) is 0 Å². The van der Waals surface area contributed by atoms with Gasteiger partial charge in [-0.25, -0.2) is 4.98 Å². The van der Waals surface area contributed by atoms with Crippen LogP contribution >= 0.6 is 0 Å². The molecule has 0 radical (unpaired) electrons. The molecule has 1 aromatic rings. The molecule has 1 heterocycles. The predicted octanol–water partition coefficient (Wildman–Crippen LogP) is 1.63. The fraction of sp³-hybridized carbons (Fsp3) is 0.455. The first kappa shape index (κ1) is 11.3. The van der Waals surface area contributed by atoms with E-state index in [1.54, 1.807) is 12.3 Å². The Morgan fingerprint density at radius 3 is 2.80 bits per heavy atom. The summed E-state index contributed by atoms with van der Waals surface area (Å²) in [7, 11) is 1.93. The van der Waals surface area contributed by atoms with Crippen LogP contribution in [0.25, 0.3) is 0 Å². The van der Waals surface area contributed by atoms with Crippen LogP contribution in [0.4, 0.5) is 11.5 Å². The van der Waals surface area contributed by atoms with Crippen molar-refractivity contribution >= 4 is 11.5 Å². The molecule has 0 unspecified atom stereocenters. The molecule has 1 aromatic heterocycles. The van der Waals surface area contributed by atoms with Gasteiger partial charge in [0, 0.05) is 13.6 Å². The van der Waals surface area contributed by atoms with Gasteiger partial charge in [-0.3, -0.25) is 0 Å². The van der Waals surface area contributed by atoms with Gasteiger partial charge in [-0.2, -0.15) is 5.26 Å². The molecule has 0 aliphatic rings. The van der Waals surface area contributed by atoms with E-state index in [4.69, 9.17) is 11.0 Å². The molecule has 0 atom stereocenters. The molecule has 0 spiro atoms. The number of nitrogen functional groups attached to an aromatic ring is 1. The maximum Gasteiger partial charge on any atom is 0.146 e. The van der Waals surface area contributed by atoms with Crippen LogP contribution in [-0.2, 0) is 0 Å². The Bertz CT molecular complexity index is 379. The number of aromatic nitrogens is 1. The van der Waals surface area contributed by atoms with Crippen LogP contribution in [0.1, 0.15) is 19.4 Å². The van der Waals surface area contributed by atoms with Crippen molar-refractivity contribution in [3.8, 4) is 6.07 Å². The minimum atomic E-state index is 0.522. The summed E-state index contributed by atoms with van der Waals surface area (Å²) >= 11 is 0. The molecular weight excluding hydrogens is 188 g/mol. The lowest BCUT2D eigenvalue weighted by atomic mass is 10.2. The van der Waals surface area contributed by atoms with E-state index in [0.29, 0.717) is 23.0 Å². The summed E-state index contributed by atoms with van der Waals surface area (Å²) in [6.07, 6.45) is 1.58. The van der Waals surface area contributed by atoms with Crippen LogP contribution in [0.15, 0.2) is 12.3 Å². The smallest absolute Gasteiger partial charge is 0.146 e. The zero-order valence-electron chi connectivity index (χ0n) is 9.36. The highest BCUT2D eigenvalue weighted by Gasteiger charge is 2.10. The fourth-order valence-electron chi connectivity index (χ4n) is 1.49. The molecule has 80 valence electrons. The monoisotopic (exact) mass is 204 g/mol. The third kappa shape index (κ3) is 2.84. The number of pyridine rings is 1. The topological polar surface area (TPSA) is 65.9 Å². The van der Waals surface area contributed by atoms with Crippen LogP contribution in [0.3, 0.4) is 0 Å². The minimum Gasteiger partial charge on any atom is -0.397 e. The van der Waals surface area contributed by atoms with Crippen molar-refractivity contribution in [2.24, 2.45) is 5.92 Å². The Morgan fingerprint density at radius 1 is 1.60 bits per heavy atom. The first-order valence-electron chi connectivity index (χ1n) is 4.91. The first-order chi connectivity index (χ1) is 7.04. The summed E-state index contributed by atoms with van der Waals surface area (Å²) < 4.78 is 0. The van der Waals surface area contributed by atoms with Crippen LogP contribution in [0.5, 0.6) is 0 Å². The van der Waals surface area contributed by atoms with E-state index in [1.807, 2.05) is 11.9 Å². The van der Waals surface area contributed by atoms with Gasteiger partial charge in [-0.15, -0.1) is 0 Å². The van der Waals surface area contributed by atoms with Crippen molar-refractivity contribution in [2.75, 3.05) is 24.2 Å². The number of hydrogen-bond donors (Lipinski definition) is 1. The Morgan fingerprint density at radius 2 is 2.27 bits per heavy atom. The summed E-state index contributed by atoms with van der Waals surface area (Å²) in [4.78, 5) is 6.16. The highest BCUT2D eigenvalue weighted by Crippen LogP contribution is 2.18. The summed E-state index contributed by atoms with van der Waals surface area (Å²) in [5.74, 6) is 1.22. The van der Waals surface area contributed by atoms with E-state index in [2.05, 4.69) is 24.9 Å². The van der Waals surface area contributed by atoms with Gasteiger partial charge in [-0.05, 0) is 12.0 Å². The predicted molar refractivity (Wildman–Crippen MR) is 61.5 cm³/mol. The van der Waals surface area contributed by atoms with Crippen molar-refractivity contribution in [2.45, 2.75) is 13.8 Å². The summed E-state index contributed by atoms with van der Waals surface area (Å²) in [6.45, 7) is 5.12. The van der Waals surface area contributed by atoms with E-state index in [9.17, 15) is 0 Å². The Kier molecular flexibility index (Phi) is 3.51. The van der Waals surface area contributed by atoms with Gasteiger partial charge in [0.15, 0.2) is 0 Å². The largest absolute Gasteiger partial charge is 0.397 e. The van der Waals surface area contributed by atoms with Gasteiger partial charge in [0.25, 0.3) is 0 Å². The average molecular weight is 204 g/mol. The van der Waals surface area contributed by atoms with Crippen LogP contribution in [0, 0.1) is 17.2 Å². The fourth-order valence-corrected chi connectivity index (χ4v) is 1.49. The normalized spacial score (nSPS) is 10.1. The van der Waals surface area contributed by atoms with Crippen molar-refractivity contribution in [1.82, 2.24) is 4.98 Å². The molecule has 0 aromatic carbocycles. The lowest BCUT2D eigenvalue weighted by Gasteiger charge is -2.21. The van der Waals surface area contributed by atoms with Crippen LogP contribution < -0.4 is 10.6 Å². The number of anilines is 2. The number of nitrogens with zero attached hydrogens (tertiary/aromatic N) is 3. The van der Waals surface area contributed by atoms with E-state index in [1.165, 1.54) is 0 Å². The van der Waals surface area contributed by atoms with E-state index in [0.717, 1.165) is 6.54 Å². The first-order valence-corrected chi connectivity index (χ1v) is 4.91. The van der Waals surface area contributed by atoms with Crippen molar-refractivity contribution in [1.29, 1.82) is 5.26 Å². The molecule has 15 heavy (non-hydrogen) atoms. The molecule has 4 heteroatoms. The van der Waals surface area contributed by atoms with Crippen LogP contribution in [-0.4, -0.2) is 18.6 Å². The summed E-state index contributed by atoms with van der Waals surface area (Å²) in [5.41, 5.74) is 6.62. The molecule has 0 aliphatic heterocycles. The van der Waals surface area contributed by atoms with Gasteiger partial charge in [0.1, 0.15) is 11.9 Å². The highest BCUT2D eigenvalue weighted by molar-refractivity contribution is 5.58. The van der Waals surface area contributed by atoms with E-state index >= 15 is 0 Å². The van der Waals surface area contributed by atoms with Gasteiger partial charge < -0.3 is 10.6 Å². The second kappa shape index (κ2) is 4.65. The van der Waals surface area contributed by atoms with Crippen molar-refractivity contribution in [3.63, 3.8) is 0 Å². The third-order valence-electron chi connectivity index (χ3n) is 2.01. The summed E-state index contributed by atoms with van der Waals surface area (Å²) in [5, 5.41) is 8.95. The average Bonchev–Trinajstić information content (AvgIpc) is 2.16. The van der Waals surface area contributed by atoms with Crippen LogP contribution in [0.2, 0.25) is 0 Å². The molecule has 2 N–H and O–H groups in total. The second-order valence-corrected chi connectivity index (χ2v) is 4.03. The Balaban J connectivity index is 2.99. The molecule has 1 rings (SSSR count). The summed E-state index contributed by atoms with van der Waals surface area (Å²) in [6, 6.07) is 3.76. The third-order valence-corrected chi connectivity index (χ3v) is 2.01. The number of hydrogen-bond acceptors (Lipinski definition) is 4. The maximum absolute atomic E-state index is 8.95. The lowest BCUT2D eigenvalue weighted by Crippen LogP contribution is -2.24. The standard InChI is InChI=1S/C11H16N4/c1-8(2)7-15(3)11-9(5-12)4-10(13)6-14-11/h4,6,8H,7,13H2,1-3H3. The number of nitriles is 1. The minimum absolute atomic E-state index is 0.522. The molecule has 0 fully saturated rings. The zero-order chi connectivity index (χ0) is 11.4. The van der Waals surface area contributed by atoms with E-state index < -0.39 is 0 Å². The van der Waals surface area contributed by atoms with Gasteiger partial charge in [-0.1, -0.05) is 13.8 Å². The SMILES string of the molecule is CC(C)CN(C)c1ncc(N)cc1C#N. The second-order valence-electron chi connectivity index (χ2n) is 4.03. The van der Waals surface area contributed by atoms with Gasteiger partial charge in [0.05, 0.1) is 17.4 Å². The highest BCUT2D eigenvalue weighted by atomic mass is 15.2. The van der Waals surface area contributed by atoms with Crippen molar-refractivity contribution in [3.05, 3.63) is 17.8 Å². The molecule has 0 saturated carbocycles. The molecule has 0 saturated heterocycles. The van der Waals surface area contributed by atoms with Gasteiger partial charge >= 0.3 is 0 Å². The Labute approximate surface area is 90.3 Å². The Hall–Kier alpha value is -1.76. The molecular formula is C11H16N4. The molecule has 0 amide bonds. The maximum atomic E-state index is 8.95. The molecule has 4 nitrogen and oxygen atoms in total. The molecule has 0 bridgehead atoms. The van der Waals surface area contributed by atoms with Crippen molar-refractivity contribution < 1.29 is 0 Å².